The summed E-state index contributed by atoms with van der Waals surface area (Å²) in [5, 5.41) is 71.2. The SMILES string of the molecule is O=C(O)c1cccc(C(=O)O)c1.OCC(CO)(CO)COCC(CO)(CO)CO. The summed E-state index contributed by atoms with van der Waals surface area (Å²) in [4.78, 5) is 20.8. The number of carboxylic acid groups (broad SMARTS) is 2. The molecule has 0 radical (unpaired) electrons. The second kappa shape index (κ2) is 13.2. The van der Waals surface area contributed by atoms with E-state index in [-0.39, 0.29) is 24.3 Å². The van der Waals surface area contributed by atoms with Crippen LogP contribution in [0.15, 0.2) is 24.3 Å². The fraction of sp³-hybridized carbons (Fsp3) is 0.556. The number of aliphatic hydroxyl groups excluding tert-OH is 6. The van der Waals surface area contributed by atoms with E-state index >= 15 is 0 Å². The van der Waals surface area contributed by atoms with E-state index in [2.05, 4.69) is 0 Å². The quantitative estimate of drug-likeness (QED) is 0.186. The Morgan fingerprint density at radius 3 is 1.24 bits per heavy atom. The maximum atomic E-state index is 10.4. The minimum absolute atomic E-state index is 0.0186. The number of ether oxygens (including phenoxy) is 1. The van der Waals surface area contributed by atoms with Crippen molar-refractivity contribution in [3.63, 3.8) is 0 Å². The Hall–Kier alpha value is -2.12. The molecule has 8 N–H and O–H groups in total. The molecule has 11 heteroatoms. The molecule has 0 amide bonds. The first-order chi connectivity index (χ1) is 13.7. The summed E-state index contributed by atoms with van der Waals surface area (Å²) in [5.74, 6) is -2.25. The number of aromatic carboxylic acids is 2. The third-order valence-corrected chi connectivity index (χ3v) is 4.19. The number of carbonyl (C=O) groups is 2. The Labute approximate surface area is 167 Å². The zero-order valence-electron chi connectivity index (χ0n) is 15.8. The van der Waals surface area contributed by atoms with E-state index in [0.717, 1.165) is 6.07 Å². The third-order valence-electron chi connectivity index (χ3n) is 4.19. The number of hydrogen-bond donors (Lipinski definition) is 8. The van der Waals surface area contributed by atoms with Gasteiger partial charge in [0.05, 0.1) is 74.8 Å². The van der Waals surface area contributed by atoms with Crippen molar-refractivity contribution >= 4 is 11.9 Å². The van der Waals surface area contributed by atoms with Crippen LogP contribution in [0.1, 0.15) is 20.7 Å². The lowest BCUT2D eigenvalue weighted by Gasteiger charge is -2.31. The van der Waals surface area contributed by atoms with E-state index in [0.29, 0.717) is 0 Å². The molecule has 0 aromatic heterocycles. The first-order valence-corrected chi connectivity index (χ1v) is 8.48. The zero-order valence-corrected chi connectivity index (χ0v) is 15.8. The van der Waals surface area contributed by atoms with Gasteiger partial charge in [0.2, 0.25) is 0 Å². The average Bonchev–Trinajstić information content (AvgIpc) is 2.75. The summed E-state index contributed by atoms with van der Waals surface area (Å²) in [7, 11) is 0. The van der Waals surface area contributed by atoms with Crippen LogP contribution < -0.4 is 0 Å². The molecule has 0 fully saturated rings. The lowest BCUT2D eigenvalue weighted by molar-refractivity contribution is -0.103. The van der Waals surface area contributed by atoms with Crippen LogP contribution in [0, 0.1) is 10.8 Å². The summed E-state index contributed by atoms with van der Waals surface area (Å²) < 4.78 is 5.15. The highest BCUT2D eigenvalue weighted by atomic mass is 16.5. The molecule has 1 rings (SSSR count). The van der Waals surface area contributed by atoms with Crippen LogP contribution in [0.3, 0.4) is 0 Å². The summed E-state index contributed by atoms with van der Waals surface area (Å²) in [6.45, 7) is -3.01. The van der Waals surface area contributed by atoms with Crippen LogP contribution in [0.4, 0.5) is 0 Å². The average molecular weight is 420 g/mol. The van der Waals surface area contributed by atoms with Gasteiger partial charge in [-0.25, -0.2) is 9.59 Å². The van der Waals surface area contributed by atoms with E-state index in [1.165, 1.54) is 18.2 Å². The fourth-order valence-electron chi connectivity index (χ4n) is 1.84. The largest absolute Gasteiger partial charge is 0.478 e. The molecule has 1 aromatic rings. The van der Waals surface area contributed by atoms with Crippen molar-refractivity contribution in [1.29, 1.82) is 0 Å². The normalized spacial score (nSPS) is 11.5. The minimum atomic E-state index is -1.16. The van der Waals surface area contributed by atoms with Crippen molar-refractivity contribution in [2.75, 3.05) is 52.9 Å². The topological polar surface area (TPSA) is 205 Å². The lowest BCUT2D eigenvalue weighted by atomic mass is 9.91. The highest BCUT2D eigenvalue weighted by Crippen LogP contribution is 2.19. The van der Waals surface area contributed by atoms with Crippen molar-refractivity contribution in [2.45, 2.75) is 0 Å². The Balaban J connectivity index is 0.000000571. The molecule has 0 aliphatic rings. The van der Waals surface area contributed by atoms with Gasteiger partial charge in [-0.3, -0.25) is 0 Å². The molecule has 0 saturated heterocycles. The minimum Gasteiger partial charge on any atom is -0.478 e. The van der Waals surface area contributed by atoms with Gasteiger partial charge in [0.25, 0.3) is 0 Å². The Kier molecular flexibility index (Phi) is 12.2. The van der Waals surface area contributed by atoms with Gasteiger partial charge in [-0.2, -0.15) is 0 Å². The smallest absolute Gasteiger partial charge is 0.335 e. The molecular weight excluding hydrogens is 392 g/mol. The highest BCUT2D eigenvalue weighted by Gasteiger charge is 2.32. The van der Waals surface area contributed by atoms with Gasteiger partial charge in [0.1, 0.15) is 0 Å². The molecule has 0 unspecified atom stereocenters. The van der Waals surface area contributed by atoms with Gasteiger partial charge in [0.15, 0.2) is 0 Å². The Bertz CT molecular complexity index is 558. The number of aliphatic hydroxyl groups is 6. The Morgan fingerprint density at radius 1 is 0.690 bits per heavy atom. The number of hydrogen-bond acceptors (Lipinski definition) is 9. The number of benzene rings is 1. The van der Waals surface area contributed by atoms with Crippen molar-refractivity contribution in [3.05, 3.63) is 35.4 Å². The van der Waals surface area contributed by atoms with Crippen LogP contribution in [0.25, 0.3) is 0 Å². The summed E-state index contributed by atoms with van der Waals surface area (Å²) >= 11 is 0. The molecule has 0 heterocycles. The monoisotopic (exact) mass is 420 g/mol. The highest BCUT2D eigenvalue weighted by molar-refractivity contribution is 5.93. The van der Waals surface area contributed by atoms with Crippen molar-refractivity contribution < 1.29 is 55.2 Å². The van der Waals surface area contributed by atoms with Gasteiger partial charge in [-0.05, 0) is 18.2 Å². The van der Waals surface area contributed by atoms with Crippen LogP contribution in [-0.2, 0) is 4.74 Å². The molecule has 29 heavy (non-hydrogen) atoms. The molecule has 0 aliphatic carbocycles. The van der Waals surface area contributed by atoms with Gasteiger partial charge in [-0.15, -0.1) is 0 Å². The maximum absolute atomic E-state index is 10.4. The van der Waals surface area contributed by atoms with Crippen LogP contribution in [-0.4, -0.2) is 106 Å². The summed E-state index contributed by atoms with van der Waals surface area (Å²) in [6.07, 6.45) is 0. The molecule has 0 aliphatic heterocycles. The second-order valence-electron chi connectivity index (χ2n) is 6.63. The molecule has 11 nitrogen and oxygen atoms in total. The lowest BCUT2D eigenvalue weighted by Crippen LogP contribution is -2.43. The van der Waals surface area contributed by atoms with E-state index in [1.54, 1.807) is 0 Å². The van der Waals surface area contributed by atoms with Gasteiger partial charge >= 0.3 is 11.9 Å². The standard InChI is InChI=1S/C10H22O7.C8H6O4/c11-1-9(2-12,3-13)7-17-8-10(4-14,5-15)6-16;9-7(10)5-2-1-3-6(4-5)8(11)12/h11-16H,1-8H2;1-4H,(H,9,10)(H,11,12). The predicted molar refractivity (Wildman–Crippen MR) is 98.6 cm³/mol. The number of rotatable bonds is 12. The first kappa shape index (κ1) is 26.9. The molecule has 166 valence electrons. The van der Waals surface area contributed by atoms with Crippen LogP contribution in [0.5, 0.6) is 0 Å². The molecule has 0 spiro atoms. The van der Waals surface area contributed by atoms with E-state index in [4.69, 9.17) is 45.6 Å². The molecule has 1 aromatic carbocycles. The third kappa shape index (κ3) is 8.41. The van der Waals surface area contributed by atoms with Gasteiger partial charge < -0.3 is 45.6 Å². The Morgan fingerprint density at radius 2 is 1.00 bits per heavy atom. The molecule has 0 bridgehead atoms. The molecular formula is C18H28O11. The van der Waals surface area contributed by atoms with Crippen molar-refractivity contribution in [1.82, 2.24) is 0 Å². The van der Waals surface area contributed by atoms with E-state index in [1.807, 2.05) is 0 Å². The predicted octanol–water partition coefficient (Wildman–Crippen LogP) is -1.99. The first-order valence-electron chi connectivity index (χ1n) is 8.48. The molecule has 0 saturated carbocycles. The van der Waals surface area contributed by atoms with Gasteiger partial charge in [0, 0.05) is 0 Å². The number of carboxylic acids is 2. The molecule has 0 atom stereocenters. The summed E-state index contributed by atoms with van der Waals surface area (Å²) in [5.41, 5.74) is -2.36. The van der Waals surface area contributed by atoms with Crippen LogP contribution in [0.2, 0.25) is 0 Å². The van der Waals surface area contributed by atoms with E-state index < -0.39 is 62.4 Å². The second-order valence-corrected chi connectivity index (χ2v) is 6.63. The van der Waals surface area contributed by atoms with Crippen molar-refractivity contribution in [2.24, 2.45) is 10.8 Å². The summed E-state index contributed by atoms with van der Waals surface area (Å²) in [6, 6.07) is 5.20. The van der Waals surface area contributed by atoms with Crippen molar-refractivity contribution in [3.8, 4) is 0 Å². The van der Waals surface area contributed by atoms with Crippen LogP contribution >= 0.6 is 0 Å². The van der Waals surface area contributed by atoms with E-state index in [9.17, 15) is 9.59 Å². The maximum Gasteiger partial charge on any atom is 0.335 e. The fourth-order valence-corrected chi connectivity index (χ4v) is 1.84. The van der Waals surface area contributed by atoms with Gasteiger partial charge in [-0.1, -0.05) is 6.07 Å². The zero-order chi connectivity index (χ0) is 22.5.